The van der Waals surface area contributed by atoms with Crippen LogP contribution in [0.2, 0.25) is 0 Å². The van der Waals surface area contributed by atoms with Crippen molar-refractivity contribution in [3.63, 3.8) is 0 Å². The molecule has 2 unspecified atom stereocenters. The van der Waals surface area contributed by atoms with Crippen molar-refractivity contribution in [3.8, 4) is 0 Å². The van der Waals surface area contributed by atoms with E-state index in [-0.39, 0.29) is 25.7 Å². The van der Waals surface area contributed by atoms with Gasteiger partial charge in [-0.05, 0) is 37.5 Å². The molecule has 0 spiro atoms. The lowest BCUT2D eigenvalue weighted by molar-refractivity contribution is -0.161. The summed E-state index contributed by atoms with van der Waals surface area (Å²) in [5.41, 5.74) is 0. The molecule has 0 heterocycles. The zero-order valence-electron chi connectivity index (χ0n) is 51.4. The van der Waals surface area contributed by atoms with Gasteiger partial charge in [-0.15, -0.1) is 0 Å². The van der Waals surface area contributed by atoms with Gasteiger partial charge in [0.25, 0.3) is 0 Å². The number of aliphatic hydroxyl groups excluding tert-OH is 1. The molecule has 0 rings (SSSR count). The van der Waals surface area contributed by atoms with Crippen LogP contribution < -0.4 is 0 Å². The Bertz CT molecular complexity index is 1580. The van der Waals surface area contributed by atoms with Gasteiger partial charge in [-0.25, -0.2) is 9.13 Å². The summed E-state index contributed by atoms with van der Waals surface area (Å²) >= 11 is 0. The second-order valence-corrected chi connectivity index (χ2v) is 25.9. The second kappa shape index (κ2) is 53.8. The van der Waals surface area contributed by atoms with Gasteiger partial charge in [-0.1, -0.05) is 247 Å². The smallest absolute Gasteiger partial charge is 0.462 e. The highest BCUT2D eigenvalue weighted by molar-refractivity contribution is 7.47. The molecule has 0 aliphatic heterocycles. The topological polar surface area (TPSA) is 237 Å². The third kappa shape index (κ3) is 55.3. The van der Waals surface area contributed by atoms with E-state index < -0.39 is 97.5 Å². The first-order valence-electron chi connectivity index (χ1n) is 32.0. The number of carbonyl (C=O) groups is 4. The fraction of sp³-hybridized carbons (Fsp3) is 0.934. The van der Waals surface area contributed by atoms with E-state index in [2.05, 4.69) is 41.5 Å². The molecule has 19 heteroatoms. The highest BCUT2D eigenvalue weighted by atomic mass is 31.2. The summed E-state index contributed by atoms with van der Waals surface area (Å²) in [6.07, 6.45) is 35.0. The predicted octanol–water partition coefficient (Wildman–Crippen LogP) is 16.5. The Balaban J connectivity index is 5.21. The van der Waals surface area contributed by atoms with Gasteiger partial charge in [0.15, 0.2) is 12.2 Å². The van der Waals surface area contributed by atoms with Crippen molar-refractivity contribution in [1.29, 1.82) is 0 Å². The Morgan fingerprint density at radius 3 is 0.850 bits per heavy atom. The number of rotatable bonds is 60. The number of carbonyl (C=O) groups excluding carboxylic acids is 4. The maximum Gasteiger partial charge on any atom is 0.472 e. The number of phosphoric ester groups is 2. The Hall–Kier alpha value is -1.94. The van der Waals surface area contributed by atoms with Crippen LogP contribution in [0.15, 0.2) is 0 Å². The van der Waals surface area contributed by atoms with E-state index in [1.807, 2.05) is 0 Å². The molecule has 0 aromatic rings. The summed E-state index contributed by atoms with van der Waals surface area (Å²) in [5.74, 6) is -0.649. The molecule has 3 N–H and O–H groups in total. The van der Waals surface area contributed by atoms with Gasteiger partial charge < -0.3 is 33.8 Å². The van der Waals surface area contributed by atoms with E-state index in [1.54, 1.807) is 0 Å². The monoisotopic (exact) mass is 1180 g/mol. The maximum atomic E-state index is 12.9. The van der Waals surface area contributed by atoms with Crippen molar-refractivity contribution in [3.05, 3.63) is 0 Å². The SMILES string of the molecule is CCCCCCCCCCC(=O)O[C@H](COC(=O)CCCCCCCCC)COP(=O)(O)OC[C@H](O)COP(=O)(O)OC[C@@H](COC(=O)CCCCCCCCCCCC(C)C)OC(=O)CCCCCCCCCCCCC(C)C. The van der Waals surface area contributed by atoms with Crippen molar-refractivity contribution < 1.29 is 80.2 Å². The highest BCUT2D eigenvalue weighted by Gasteiger charge is 2.30. The zero-order chi connectivity index (χ0) is 59.4. The molecule has 5 atom stereocenters. The molecule has 80 heavy (non-hydrogen) atoms. The Morgan fingerprint density at radius 1 is 0.338 bits per heavy atom. The van der Waals surface area contributed by atoms with Crippen LogP contribution in [0.1, 0.15) is 298 Å². The van der Waals surface area contributed by atoms with E-state index in [0.717, 1.165) is 121 Å². The van der Waals surface area contributed by atoms with Gasteiger partial charge in [0, 0.05) is 25.7 Å². The number of hydrogen-bond acceptors (Lipinski definition) is 15. The molecular formula is C61H118O17P2. The van der Waals surface area contributed by atoms with Crippen LogP contribution in [0.4, 0.5) is 0 Å². The molecule has 474 valence electrons. The molecule has 0 amide bonds. The van der Waals surface area contributed by atoms with E-state index in [0.29, 0.717) is 25.7 Å². The van der Waals surface area contributed by atoms with E-state index in [9.17, 15) is 43.2 Å². The van der Waals surface area contributed by atoms with E-state index in [4.69, 9.17) is 37.0 Å². The van der Waals surface area contributed by atoms with Crippen molar-refractivity contribution in [2.24, 2.45) is 11.8 Å². The zero-order valence-corrected chi connectivity index (χ0v) is 53.2. The predicted molar refractivity (Wildman–Crippen MR) is 317 cm³/mol. The normalized spacial score (nSPS) is 14.4. The van der Waals surface area contributed by atoms with Gasteiger partial charge in [-0.2, -0.15) is 0 Å². The summed E-state index contributed by atoms with van der Waals surface area (Å²) in [4.78, 5) is 71.9. The number of phosphoric acid groups is 2. The lowest BCUT2D eigenvalue weighted by Crippen LogP contribution is -2.30. The van der Waals surface area contributed by atoms with Crippen LogP contribution >= 0.6 is 15.6 Å². The molecule has 0 aromatic heterocycles. The Morgan fingerprint density at radius 2 is 0.575 bits per heavy atom. The fourth-order valence-corrected chi connectivity index (χ4v) is 10.6. The lowest BCUT2D eigenvalue weighted by Gasteiger charge is -2.21. The maximum absolute atomic E-state index is 12.9. The molecule has 0 saturated heterocycles. The van der Waals surface area contributed by atoms with E-state index >= 15 is 0 Å². The van der Waals surface area contributed by atoms with Gasteiger partial charge in [0.1, 0.15) is 19.3 Å². The third-order valence-electron chi connectivity index (χ3n) is 14.0. The molecule has 17 nitrogen and oxygen atoms in total. The molecule has 0 radical (unpaired) electrons. The standard InChI is InChI=1S/C61H118O17P2/c1-7-9-11-13-15-26-33-39-45-60(65)77-56(49-71-58(63)43-37-31-23-14-12-10-8-2)51-75-79(67,68)73-47-55(62)48-74-80(69,70)76-52-57(50-72-59(64)44-38-32-27-22-18-20-25-30-36-42-54(5)6)78-61(66)46-40-34-28-21-17-16-19-24-29-35-41-53(3)4/h53-57,62H,7-52H2,1-6H3,(H,67,68)(H,69,70)/t55-,56+,57+/m0/s1. The fourth-order valence-electron chi connectivity index (χ4n) is 9.00. The number of unbranched alkanes of at least 4 members (excludes halogenated alkanes) is 30. The average molecular weight is 1190 g/mol. The number of hydrogen-bond donors (Lipinski definition) is 3. The number of esters is 4. The lowest BCUT2D eigenvalue weighted by atomic mass is 10.0. The molecule has 0 aromatic carbocycles. The highest BCUT2D eigenvalue weighted by Crippen LogP contribution is 2.45. The quantitative estimate of drug-likeness (QED) is 0.0222. The summed E-state index contributed by atoms with van der Waals surface area (Å²) in [6.45, 7) is 9.37. The van der Waals surface area contributed by atoms with Gasteiger partial charge >= 0.3 is 39.5 Å². The molecular weight excluding hydrogens is 1070 g/mol. The summed E-state index contributed by atoms with van der Waals surface area (Å²) in [5, 5.41) is 10.5. The van der Waals surface area contributed by atoms with Gasteiger partial charge in [0.2, 0.25) is 0 Å². The Kier molecular flexibility index (Phi) is 52.5. The minimum atomic E-state index is -4.94. The van der Waals surface area contributed by atoms with Gasteiger partial charge in [0.05, 0.1) is 26.4 Å². The molecule has 0 bridgehead atoms. The molecule has 0 fully saturated rings. The van der Waals surface area contributed by atoms with E-state index in [1.165, 1.54) is 96.3 Å². The van der Waals surface area contributed by atoms with Crippen molar-refractivity contribution in [2.45, 2.75) is 317 Å². The largest absolute Gasteiger partial charge is 0.472 e. The summed E-state index contributed by atoms with van der Waals surface area (Å²) in [6, 6.07) is 0. The average Bonchev–Trinajstić information content (AvgIpc) is 3.41. The minimum absolute atomic E-state index is 0.104. The first-order valence-corrected chi connectivity index (χ1v) is 35.0. The third-order valence-corrected chi connectivity index (χ3v) is 15.9. The molecule has 0 aliphatic carbocycles. The first-order chi connectivity index (χ1) is 38.4. The van der Waals surface area contributed by atoms with Crippen molar-refractivity contribution in [2.75, 3.05) is 39.6 Å². The minimum Gasteiger partial charge on any atom is -0.462 e. The number of ether oxygens (including phenoxy) is 4. The van der Waals surface area contributed by atoms with Gasteiger partial charge in [-0.3, -0.25) is 37.3 Å². The second-order valence-electron chi connectivity index (χ2n) is 23.0. The van der Waals surface area contributed by atoms with Crippen LogP contribution in [0.25, 0.3) is 0 Å². The Labute approximate surface area is 486 Å². The summed E-state index contributed by atoms with van der Waals surface area (Å²) in [7, 11) is -9.87. The van der Waals surface area contributed by atoms with Crippen molar-refractivity contribution >= 4 is 39.5 Å². The molecule has 0 aliphatic rings. The van der Waals surface area contributed by atoms with Crippen LogP contribution in [0.5, 0.6) is 0 Å². The molecule has 0 saturated carbocycles. The number of aliphatic hydroxyl groups is 1. The van der Waals surface area contributed by atoms with Crippen LogP contribution in [-0.4, -0.2) is 96.7 Å². The van der Waals surface area contributed by atoms with Crippen LogP contribution in [0.3, 0.4) is 0 Å². The summed E-state index contributed by atoms with van der Waals surface area (Å²) < 4.78 is 67.7. The van der Waals surface area contributed by atoms with Crippen molar-refractivity contribution in [1.82, 2.24) is 0 Å². The van der Waals surface area contributed by atoms with Crippen LogP contribution in [0, 0.1) is 11.8 Å². The first kappa shape index (κ1) is 78.1. The van der Waals surface area contributed by atoms with Crippen LogP contribution in [-0.2, 0) is 65.4 Å².